The van der Waals surface area contributed by atoms with Crippen molar-refractivity contribution in [3.63, 3.8) is 0 Å². The molecule has 5 heterocycles. The highest BCUT2D eigenvalue weighted by molar-refractivity contribution is 6.21. The Balaban J connectivity index is 0.954. The summed E-state index contributed by atoms with van der Waals surface area (Å²) in [4.78, 5) is 24.5. The number of hydrogen-bond donors (Lipinski definition) is 0. The van der Waals surface area contributed by atoms with E-state index in [1.54, 1.807) is 6.20 Å². The second kappa shape index (κ2) is 12.4. The molecule has 1 aliphatic heterocycles. The summed E-state index contributed by atoms with van der Waals surface area (Å²) in [5.41, 5.74) is 10.7. The van der Waals surface area contributed by atoms with Crippen LogP contribution in [0.15, 0.2) is 168 Å². The van der Waals surface area contributed by atoms with Crippen LogP contribution in [0.25, 0.3) is 90.2 Å². The van der Waals surface area contributed by atoms with Gasteiger partial charge in [0.25, 0.3) is 0 Å². The smallest absolute Gasteiger partial charge is 0.388 e. The molecule has 10 aromatic rings. The van der Waals surface area contributed by atoms with E-state index in [0.29, 0.717) is 34.4 Å². The van der Waals surface area contributed by atoms with E-state index in [9.17, 15) is 0 Å². The molecule has 6 aromatic carbocycles. The first-order chi connectivity index (χ1) is 27.2. The standard InChI is InChI=1S/C47H28N7O/c1-3-11-29(12-4-1)38-27-37-42-41(55-47(37)49-38)28-48-43(50-42)31-19-21-32(22-20-31)45-51-44(30-13-5-2-6-14-30)52-46(53-45)33-23-25-34(26-24-33)54-39-17-9-7-15-35(39)36-16-8-10-18-40(36)54/h1-28H/q+1. The maximum absolute atomic E-state index is 6.02. The SMILES string of the molecule is C1=c2c(oc3cnc(-c4ccc(-c5nc(-c6ccccc6)nc(-c6ccc(-n7c8ccccc8c8ccccc87)cc6)n5)cc4)nc23)=[N+]=C1c1ccccc1. The highest BCUT2D eigenvalue weighted by Crippen LogP contribution is 2.33. The van der Waals surface area contributed by atoms with Crippen molar-refractivity contribution in [3.8, 4) is 51.2 Å². The van der Waals surface area contributed by atoms with Crippen molar-refractivity contribution >= 4 is 44.7 Å². The minimum Gasteiger partial charge on any atom is -0.388 e. The molecule has 0 saturated carbocycles. The molecule has 0 fully saturated rings. The number of hydrogen-bond acceptors (Lipinski definition) is 6. The Labute approximate surface area is 313 Å². The number of furan rings is 1. The van der Waals surface area contributed by atoms with E-state index in [1.807, 2.05) is 91.0 Å². The van der Waals surface area contributed by atoms with Crippen LogP contribution in [0, 0.1) is 0 Å². The van der Waals surface area contributed by atoms with E-state index in [0.717, 1.165) is 61.0 Å². The van der Waals surface area contributed by atoms with Gasteiger partial charge in [-0.25, -0.2) is 24.9 Å². The molecule has 0 radical (unpaired) electrons. The predicted molar refractivity (Wildman–Crippen MR) is 217 cm³/mol. The van der Waals surface area contributed by atoms with Crippen LogP contribution in [0.4, 0.5) is 0 Å². The summed E-state index contributed by atoms with van der Waals surface area (Å²) in [7, 11) is 0. The molecule has 0 saturated heterocycles. The summed E-state index contributed by atoms with van der Waals surface area (Å²) in [6.07, 6.45) is 3.74. The van der Waals surface area contributed by atoms with Crippen molar-refractivity contribution in [2.24, 2.45) is 0 Å². The fraction of sp³-hybridized carbons (Fsp3) is 0. The summed E-state index contributed by atoms with van der Waals surface area (Å²) in [5.74, 6) is 2.37. The van der Waals surface area contributed by atoms with Crippen LogP contribution < -0.4 is 15.4 Å². The van der Waals surface area contributed by atoms with Gasteiger partial charge in [-0.1, -0.05) is 109 Å². The van der Waals surface area contributed by atoms with Gasteiger partial charge in [0.05, 0.1) is 28.9 Å². The van der Waals surface area contributed by atoms with E-state index in [-0.39, 0.29) is 0 Å². The largest absolute Gasteiger partial charge is 0.503 e. The van der Waals surface area contributed by atoms with Crippen LogP contribution in [0.5, 0.6) is 0 Å². The monoisotopic (exact) mass is 706 g/mol. The van der Waals surface area contributed by atoms with Gasteiger partial charge in [-0.15, -0.1) is 0 Å². The van der Waals surface area contributed by atoms with Gasteiger partial charge < -0.3 is 8.98 Å². The Morgan fingerprint density at radius 3 is 1.55 bits per heavy atom. The Morgan fingerprint density at radius 2 is 0.945 bits per heavy atom. The van der Waals surface area contributed by atoms with E-state index >= 15 is 0 Å². The van der Waals surface area contributed by atoms with Gasteiger partial charge >= 0.3 is 11.3 Å². The first kappa shape index (κ1) is 30.8. The molecule has 0 bridgehead atoms. The quantitative estimate of drug-likeness (QED) is 0.162. The average molecular weight is 707 g/mol. The summed E-state index contributed by atoms with van der Waals surface area (Å²) in [6.45, 7) is 0. The molecule has 0 unspecified atom stereocenters. The molecule has 256 valence electrons. The maximum Gasteiger partial charge on any atom is 0.503 e. The van der Waals surface area contributed by atoms with Gasteiger partial charge in [0.15, 0.2) is 28.9 Å². The Bertz CT molecular complexity index is 3220. The van der Waals surface area contributed by atoms with E-state index in [1.165, 1.54) is 10.8 Å². The van der Waals surface area contributed by atoms with Gasteiger partial charge in [0, 0.05) is 38.7 Å². The number of para-hydroxylation sites is 2. The number of fused-ring (bicyclic) bond motifs is 6. The molecule has 4 aromatic heterocycles. The molecule has 8 heteroatoms. The number of benzene rings is 6. The minimum atomic E-state index is 0.553. The summed E-state index contributed by atoms with van der Waals surface area (Å²) in [6, 6.07) is 53.6. The second-order valence-electron chi connectivity index (χ2n) is 13.4. The molecule has 0 atom stereocenters. The third-order valence-corrected chi connectivity index (χ3v) is 10.1. The maximum atomic E-state index is 6.02. The molecule has 0 aliphatic carbocycles. The second-order valence-corrected chi connectivity index (χ2v) is 13.4. The Hall–Kier alpha value is -7.80. The molecule has 8 nitrogen and oxygen atoms in total. The summed E-state index contributed by atoms with van der Waals surface area (Å²) >= 11 is 0. The lowest BCUT2D eigenvalue weighted by atomic mass is 10.1. The fourth-order valence-corrected chi connectivity index (χ4v) is 7.37. The number of aromatic nitrogens is 6. The van der Waals surface area contributed by atoms with Crippen molar-refractivity contribution in [2.45, 2.75) is 0 Å². The summed E-state index contributed by atoms with van der Waals surface area (Å²) < 4.78 is 13.0. The lowest BCUT2D eigenvalue weighted by molar-refractivity contribution is 0.551. The highest BCUT2D eigenvalue weighted by atomic mass is 16.3. The fourth-order valence-electron chi connectivity index (χ4n) is 7.37. The molecule has 0 N–H and O–H groups in total. The van der Waals surface area contributed by atoms with Gasteiger partial charge in [-0.3, -0.25) is 0 Å². The zero-order valence-electron chi connectivity index (χ0n) is 29.2. The van der Waals surface area contributed by atoms with Gasteiger partial charge in [0.1, 0.15) is 10.7 Å². The van der Waals surface area contributed by atoms with Crippen LogP contribution in [-0.4, -0.2) is 35.2 Å². The van der Waals surface area contributed by atoms with Crippen LogP contribution in [-0.2, 0) is 0 Å². The van der Waals surface area contributed by atoms with Crippen LogP contribution >= 0.6 is 0 Å². The average Bonchev–Trinajstić information content (AvgIpc) is 3.94. The summed E-state index contributed by atoms with van der Waals surface area (Å²) in [5, 5.41) is 3.32. The molecule has 55 heavy (non-hydrogen) atoms. The van der Waals surface area contributed by atoms with Crippen molar-refractivity contribution in [1.29, 1.82) is 0 Å². The molecular weight excluding hydrogens is 679 g/mol. The highest BCUT2D eigenvalue weighted by Gasteiger charge is 2.23. The first-order valence-electron chi connectivity index (χ1n) is 18.0. The molecular formula is C47H28N7O+. The molecule has 1 aliphatic rings. The first-order valence-corrected chi connectivity index (χ1v) is 18.0. The lowest BCUT2D eigenvalue weighted by Gasteiger charge is -2.11. The zero-order valence-corrected chi connectivity index (χ0v) is 29.2. The molecule has 0 spiro atoms. The van der Waals surface area contributed by atoms with Crippen molar-refractivity contribution in [1.82, 2.24) is 34.2 Å². The van der Waals surface area contributed by atoms with Crippen LogP contribution in [0.3, 0.4) is 0 Å². The van der Waals surface area contributed by atoms with Gasteiger partial charge in [-0.05, 0) is 53.2 Å². The van der Waals surface area contributed by atoms with Gasteiger partial charge in [-0.2, -0.15) is 0 Å². The lowest BCUT2D eigenvalue weighted by Crippen LogP contribution is -2.19. The van der Waals surface area contributed by atoms with Crippen LogP contribution in [0.1, 0.15) is 5.56 Å². The molecule has 0 amide bonds. The topological polar surface area (TPSA) is 96.6 Å². The van der Waals surface area contributed by atoms with Crippen LogP contribution in [0.2, 0.25) is 0 Å². The van der Waals surface area contributed by atoms with E-state index in [4.69, 9.17) is 29.0 Å². The van der Waals surface area contributed by atoms with Crippen molar-refractivity contribution in [3.05, 3.63) is 180 Å². The van der Waals surface area contributed by atoms with E-state index < -0.39 is 0 Å². The van der Waals surface area contributed by atoms with Crippen molar-refractivity contribution in [2.75, 3.05) is 0 Å². The zero-order chi connectivity index (χ0) is 36.3. The minimum absolute atomic E-state index is 0.553. The van der Waals surface area contributed by atoms with Gasteiger partial charge in [0.2, 0.25) is 0 Å². The Morgan fingerprint density at radius 1 is 0.455 bits per heavy atom. The number of rotatable bonds is 6. The third-order valence-electron chi connectivity index (χ3n) is 10.1. The number of nitrogens with zero attached hydrogens (tertiary/aromatic N) is 7. The molecule has 11 rings (SSSR count). The van der Waals surface area contributed by atoms with Crippen molar-refractivity contribution < 1.29 is 4.42 Å². The normalized spacial score (nSPS) is 12.1. The third kappa shape index (κ3) is 5.24. The van der Waals surface area contributed by atoms with E-state index in [2.05, 4.69) is 82.3 Å². The predicted octanol–water partition coefficient (Wildman–Crippen LogP) is 8.14. The Kier molecular flexibility index (Phi) is 6.95.